The van der Waals surface area contributed by atoms with Crippen molar-refractivity contribution in [2.24, 2.45) is 17.8 Å². The smallest absolute Gasteiger partial charge is 0.333 e. The third-order valence-electron chi connectivity index (χ3n) is 16.1. The number of rotatable bonds is 15. The van der Waals surface area contributed by atoms with Gasteiger partial charge in [-0.2, -0.15) is 0 Å². The highest BCUT2D eigenvalue weighted by molar-refractivity contribution is 5.88. The van der Waals surface area contributed by atoms with Crippen LogP contribution in [0.2, 0.25) is 0 Å². The van der Waals surface area contributed by atoms with Crippen molar-refractivity contribution in [1.82, 2.24) is 0 Å². The van der Waals surface area contributed by atoms with E-state index in [9.17, 15) is 35.4 Å². The van der Waals surface area contributed by atoms with Crippen LogP contribution in [0.25, 0.3) is 0 Å². The minimum Gasteiger partial charge on any atom is -0.459 e. The summed E-state index contributed by atoms with van der Waals surface area (Å²) in [6, 6.07) is 0. The first kappa shape index (κ1) is 65.3. The predicted octanol–water partition coefficient (Wildman–Crippen LogP) is 5.65. The molecule has 19 heteroatoms. The lowest BCUT2D eigenvalue weighted by atomic mass is 9.77. The van der Waals surface area contributed by atoms with Gasteiger partial charge in [-0.05, 0) is 80.7 Å². The maximum atomic E-state index is 14.1. The van der Waals surface area contributed by atoms with Crippen LogP contribution in [0.5, 0.6) is 0 Å². The van der Waals surface area contributed by atoms with E-state index in [1.807, 2.05) is 58.9 Å². The van der Waals surface area contributed by atoms with E-state index in [0.29, 0.717) is 18.4 Å². The molecular formula is C58H96O19. The molecule has 0 spiro atoms. The number of ether oxygens (including phenoxy) is 12. The zero-order valence-electron chi connectivity index (χ0n) is 48.4. The summed E-state index contributed by atoms with van der Waals surface area (Å²) >= 11 is 0. The highest BCUT2D eigenvalue weighted by Crippen LogP contribution is 2.43. The van der Waals surface area contributed by atoms with E-state index in [4.69, 9.17) is 56.8 Å². The van der Waals surface area contributed by atoms with Gasteiger partial charge in [-0.3, -0.25) is 0 Å². The van der Waals surface area contributed by atoms with Crippen LogP contribution in [-0.2, 0) is 61.6 Å². The predicted molar refractivity (Wildman–Crippen MR) is 285 cm³/mol. The van der Waals surface area contributed by atoms with Gasteiger partial charge in [-0.25, -0.2) is 4.79 Å². The zero-order chi connectivity index (χ0) is 57.1. The molecule has 77 heavy (non-hydrogen) atoms. The number of hydrogen-bond acceptors (Lipinski definition) is 19. The standard InChI is InChI=1S/C58H96O19/c1-31-18-16-17-19-41(67-13)25-42(74-55(63)35(5)24-33(3)22-32(2)23-34(4)44(21-20-31)75-56-52(62)51(61)53(69-15)39(9)72-56)28-58(65)37(7)49(59)36(6)45(77-58)26-43(30-66-12)73-48-29-57(11,64)54(40(10)71-48)76-47-27-46(68-14)50(60)38(8)70-47/h18,20-24,34,36-54,56,59-62,64-65H,16-17,19,25-30H2,1-15H3/b21-20+,31-18+,32-23+,33-22+,35-24+/t34-,36+,37-,38-,39+,40+,41-,42+,43-,44-,45-,46-,47+,48+,49+,50-,51+,52+,53-,54+,56+,57+,58+/m1/s1. The Balaban J connectivity index is 1.33. The average molecular weight is 1100 g/mol. The van der Waals surface area contributed by atoms with Crippen LogP contribution < -0.4 is 0 Å². The van der Waals surface area contributed by atoms with Crippen molar-refractivity contribution in [3.8, 4) is 0 Å². The zero-order valence-corrected chi connectivity index (χ0v) is 48.4. The van der Waals surface area contributed by atoms with Crippen LogP contribution in [-0.4, -0.2) is 193 Å². The Hall–Kier alpha value is -2.51. The van der Waals surface area contributed by atoms with Crippen LogP contribution in [0.3, 0.4) is 0 Å². The molecule has 442 valence electrons. The fraction of sp³-hybridized carbons (Fsp3) is 0.810. The quantitative estimate of drug-likeness (QED) is 0.109. The molecule has 19 nitrogen and oxygen atoms in total. The van der Waals surface area contributed by atoms with Crippen molar-refractivity contribution >= 4 is 5.97 Å². The van der Waals surface area contributed by atoms with Gasteiger partial charge in [0.05, 0.1) is 67.1 Å². The molecule has 4 fully saturated rings. The molecule has 0 aromatic heterocycles. The number of hydrogen-bond donors (Lipinski definition) is 6. The molecule has 23 atom stereocenters. The summed E-state index contributed by atoms with van der Waals surface area (Å²) in [5, 5.41) is 68.5. The molecule has 4 saturated heterocycles. The lowest BCUT2D eigenvalue weighted by Crippen LogP contribution is -2.60. The fourth-order valence-corrected chi connectivity index (χ4v) is 11.6. The molecule has 5 aliphatic heterocycles. The number of aliphatic hydroxyl groups is 6. The summed E-state index contributed by atoms with van der Waals surface area (Å²) < 4.78 is 72.9. The van der Waals surface area contributed by atoms with Gasteiger partial charge in [-0.15, -0.1) is 0 Å². The lowest BCUT2D eigenvalue weighted by Gasteiger charge is -2.50. The molecule has 0 bridgehead atoms. The third kappa shape index (κ3) is 17.7. The van der Waals surface area contributed by atoms with E-state index in [0.717, 1.165) is 23.1 Å². The second-order valence-electron chi connectivity index (χ2n) is 22.8. The molecular weight excluding hydrogens is 1000 g/mol. The van der Waals surface area contributed by atoms with E-state index in [1.165, 1.54) is 21.3 Å². The number of carbonyl (C=O) groups is 1. The molecule has 5 aliphatic rings. The summed E-state index contributed by atoms with van der Waals surface area (Å²) in [5.74, 6) is -4.04. The van der Waals surface area contributed by atoms with Gasteiger partial charge in [-0.1, -0.05) is 67.9 Å². The SMILES string of the molecule is COC[C@@H](C[C@H]1O[C@@](O)(C[C@@H]2C[C@H](OC)CCC/C=C(C)/C=C/[C@@H](O[C@@H]3O[C@@H](C)[C@@H](OC)[C@@H](O)[C@@H]3O)[C@H](C)/C=C(C)/C=C(C)/C=C(\C)C(=O)O2)[C@H](C)[C@@H](O)[C@H]1C)O[C@H]1C[C@](C)(O)[C@@H](O[C@H]2C[C@@H](OC)[C@H](O)[C@@H](C)O2)[C@H](C)O1. The molecule has 0 unspecified atom stereocenters. The van der Waals surface area contributed by atoms with E-state index in [2.05, 4.69) is 6.08 Å². The molecule has 5 rings (SSSR count). The minimum absolute atomic E-state index is 0.0345. The summed E-state index contributed by atoms with van der Waals surface area (Å²) in [7, 11) is 6.12. The summed E-state index contributed by atoms with van der Waals surface area (Å²) in [4.78, 5) is 14.1. The van der Waals surface area contributed by atoms with Crippen LogP contribution in [0.1, 0.15) is 128 Å². The van der Waals surface area contributed by atoms with Gasteiger partial charge in [0.25, 0.3) is 0 Å². The first-order valence-electron chi connectivity index (χ1n) is 27.7. The number of cyclic esters (lactones) is 1. The molecule has 0 amide bonds. The second-order valence-corrected chi connectivity index (χ2v) is 22.8. The second kappa shape index (κ2) is 29.5. The molecule has 0 aromatic rings. The van der Waals surface area contributed by atoms with Crippen LogP contribution in [0.4, 0.5) is 0 Å². The Kier molecular flexibility index (Phi) is 25.0. The largest absolute Gasteiger partial charge is 0.459 e. The van der Waals surface area contributed by atoms with E-state index in [-0.39, 0.29) is 50.7 Å². The Morgan fingerprint density at radius 3 is 2.12 bits per heavy atom. The van der Waals surface area contributed by atoms with Crippen LogP contribution >= 0.6 is 0 Å². The minimum atomic E-state index is -1.96. The Bertz CT molecular complexity index is 2010. The van der Waals surface area contributed by atoms with Crippen molar-refractivity contribution in [2.75, 3.05) is 35.0 Å². The van der Waals surface area contributed by atoms with Gasteiger partial charge >= 0.3 is 5.97 Å². The van der Waals surface area contributed by atoms with Crippen LogP contribution in [0.15, 0.2) is 58.7 Å². The Morgan fingerprint density at radius 2 is 1.47 bits per heavy atom. The van der Waals surface area contributed by atoms with Gasteiger partial charge in [0.2, 0.25) is 0 Å². The molecule has 6 N–H and O–H groups in total. The maximum Gasteiger partial charge on any atom is 0.333 e. The normalized spacial score (nSPS) is 46.2. The number of carbonyl (C=O) groups excluding carboxylic acids is 1. The van der Waals surface area contributed by atoms with Crippen LogP contribution in [0, 0.1) is 17.8 Å². The van der Waals surface area contributed by atoms with Gasteiger partial charge < -0.3 is 87.5 Å². The first-order chi connectivity index (χ1) is 36.2. The molecule has 5 heterocycles. The summed E-state index contributed by atoms with van der Waals surface area (Å²) in [5.41, 5.74) is 1.54. The topological polar surface area (TPSA) is 249 Å². The average Bonchev–Trinajstić information content (AvgIpc) is 3.35. The van der Waals surface area contributed by atoms with Gasteiger partial charge in [0.1, 0.15) is 36.6 Å². The highest BCUT2D eigenvalue weighted by Gasteiger charge is 2.53. The van der Waals surface area contributed by atoms with Crippen molar-refractivity contribution in [3.63, 3.8) is 0 Å². The summed E-state index contributed by atoms with van der Waals surface area (Å²) in [6.07, 6.45) is 0.145. The Morgan fingerprint density at radius 1 is 0.766 bits per heavy atom. The third-order valence-corrected chi connectivity index (χ3v) is 16.1. The Labute approximate surface area is 457 Å². The van der Waals surface area contributed by atoms with E-state index < -0.39 is 134 Å². The van der Waals surface area contributed by atoms with Gasteiger partial charge in [0.15, 0.2) is 24.7 Å². The van der Waals surface area contributed by atoms with E-state index >= 15 is 0 Å². The lowest BCUT2D eigenvalue weighted by molar-refractivity contribution is -0.343. The fourth-order valence-electron chi connectivity index (χ4n) is 11.6. The molecule has 0 saturated carbocycles. The number of aliphatic hydroxyl groups excluding tert-OH is 4. The summed E-state index contributed by atoms with van der Waals surface area (Å²) in [6.45, 7) is 20.1. The molecule has 0 radical (unpaired) electrons. The van der Waals surface area contributed by atoms with E-state index in [1.54, 1.807) is 54.7 Å². The first-order valence-corrected chi connectivity index (χ1v) is 27.7. The number of esters is 1. The van der Waals surface area contributed by atoms with Crippen molar-refractivity contribution < 1.29 is 92.3 Å². The van der Waals surface area contributed by atoms with Crippen molar-refractivity contribution in [3.05, 3.63) is 58.7 Å². The number of methoxy groups -OCH3 is 4. The van der Waals surface area contributed by atoms with Crippen molar-refractivity contribution in [2.45, 2.75) is 249 Å². The molecule has 0 aliphatic carbocycles. The monoisotopic (exact) mass is 1100 g/mol. The van der Waals surface area contributed by atoms with Crippen molar-refractivity contribution in [1.29, 1.82) is 0 Å². The maximum absolute atomic E-state index is 14.1. The highest BCUT2D eigenvalue weighted by atomic mass is 16.7. The molecule has 0 aromatic carbocycles. The number of allylic oxidation sites excluding steroid dienone is 7. The van der Waals surface area contributed by atoms with Gasteiger partial charge in [0, 0.05) is 83.9 Å².